The summed E-state index contributed by atoms with van der Waals surface area (Å²) in [5.41, 5.74) is 2.46. The standard InChI is InChI=1S/C15H24N2O2/c1-11-8-12(4-5-15(11)18-3)14(16-2)9-13-10-17-6-7-19-13/h4-5,8,13-14,16-17H,6-7,9-10H2,1-3H3. The Hall–Kier alpha value is -1.10. The Morgan fingerprint density at radius 2 is 2.37 bits per heavy atom. The molecule has 1 aromatic carbocycles. The van der Waals surface area contributed by atoms with Gasteiger partial charge >= 0.3 is 0 Å². The van der Waals surface area contributed by atoms with Crippen molar-refractivity contribution in [1.82, 2.24) is 10.6 Å². The van der Waals surface area contributed by atoms with Crippen molar-refractivity contribution in [3.63, 3.8) is 0 Å². The fourth-order valence-corrected chi connectivity index (χ4v) is 2.57. The van der Waals surface area contributed by atoms with Crippen LogP contribution in [0.5, 0.6) is 5.75 Å². The summed E-state index contributed by atoms with van der Waals surface area (Å²) in [6.07, 6.45) is 1.27. The molecule has 2 unspecified atom stereocenters. The van der Waals surface area contributed by atoms with Crippen LogP contribution in [0.15, 0.2) is 18.2 Å². The molecule has 0 aliphatic carbocycles. The molecule has 0 aromatic heterocycles. The highest BCUT2D eigenvalue weighted by molar-refractivity contribution is 5.37. The van der Waals surface area contributed by atoms with Crippen LogP contribution in [0, 0.1) is 6.92 Å². The first-order valence-corrected chi connectivity index (χ1v) is 6.88. The second-order valence-corrected chi connectivity index (χ2v) is 5.00. The summed E-state index contributed by atoms with van der Waals surface area (Å²) in [5.74, 6) is 0.939. The van der Waals surface area contributed by atoms with Gasteiger partial charge in [-0.15, -0.1) is 0 Å². The SMILES string of the molecule is CNC(CC1CNCCO1)c1ccc(OC)c(C)c1. The molecule has 4 nitrogen and oxygen atoms in total. The van der Waals surface area contributed by atoms with E-state index in [0.717, 1.165) is 31.9 Å². The van der Waals surface area contributed by atoms with Gasteiger partial charge < -0.3 is 20.1 Å². The highest BCUT2D eigenvalue weighted by atomic mass is 16.5. The van der Waals surface area contributed by atoms with Crippen LogP contribution in [0.25, 0.3) is 0 Å². The smallest absolute Gasteiger partial charge is 0.121 e. The Morgan fingerprint density at radius 1 is 1.53 bits per heavy atom. The number of methoxy groups -OCH3 is 1. The average molecular weight is 264 g/mol. The zero-order chi connectivity index (χ0) is 13.7. The molecule has 0 amide bonds. The summed E-state index contributed by atoms with van der Waals surface area (Å²) in [5, 5.41) is 6.75. The second kappa shape index (κ2) is 6.89. The van der Waals surface area contributed by atoms with Crippen LogP contribution < -0.4 is 15.4 Å². The maximum absolute atomic E-state index is 5.78. The summed E-state index contributed by atoms with van der Waals surface area (Å²) in [6, 6.07) is 6.67. The molecule has 2 atom stereocenters. The van der Waals surface area contributed by atoms with Gasteiger partial charge in [0.15, 0.2) is 0 Å². The van der Waals surface area contributed by atoms with Crippen molar-refractivity contribution in [2.75, 3.05) is 33.9 Å². The number of nitrogens with one attached hydrogen (secondary N) is 2. The molecule has 0 bridgehead atoms. The summed E-state index contributed by atoms with van der Waals surface area (Å²) in [7, 11) is 3.71. The molecular formula is C15H24N2O2. The van der Waals surface area contributed by atoms with Crippen LogP contribution in [0.4, 0.5) is 0 Å². The van der Waals surface area contributed by atoms with Crippen molar-refractivity contribution in [3.8, 4) is 5.75 Å². The lowest BCUT2D eigenvalue weighted by molar-refractivity contribution is 0.0176. The van der Waals surface area contributed by atoms with E-state index in [1.807, 2.05) is 13.1 Å². The van der Waals surface area contributed by atoms with Crippen molar-refractivity contribution in [2.45, 2.75) is 25.5 Å². The zero-order valence-electron chi connectivity index (χ0n) is 12.0. The molecular weight excluding hydrogens is 240 g/mol. The summed E-state index contributed by atoms with van der Waals surface area (Å²) >= 11 is 0. The summed E-state index contributed by atoms with van der Waals surface area (Å²) in [4.78, 5) is 0. The first-order valence-electron chi connectivity index (χ1n) is 6.88. The van der Waals surface area contributed by atoms with Crippen molar-refractivity contribution < 1.29 is 9.47 Å². The number of hydrogen-bond acceptors (Lipinski definition) is 4. The predicted molar refractivity (Wildman–Crippen MR) is 76.8 cm³/mol. The number of morpholine rings is 1. The highest BCUT2D eigenvalue weighted by Crippen LogP contribution is 2.25. The molecule has 19 heavy (non-hydrogen) atoms. The number of ether oxygens (including phenoxy) is 2. The summed E-state index contributed by atoms with van der Waals surface area (Å²) in [6.45, 7) is 4.78. The normalized spacial score (nSPS) is 21.1. The Balaban J connectivity index is 2.05. The fraction of sp³-hybridized carbons (Fsp3) is 0.600. The van der Waals surface area contributed by atoms with Crippen LogP contribution in [0.2, 0.25) is 0 Å². The molecule has 1 aliphatic rings. The van der Waals surface area contributed by atoms with Crippen molar-refractivity contribution in [2.24, 2.45) is 0 Å². The van der Waals surface area contributed by atoms with Gasteiger partial charge in [-0.25, -0.2) is 0 Å². The van der Waals surface area contributed by atoms with E-state index < -0.39 is 0 Å². The molecule has 1 heterocycles. The fourth-order valence-electron chi connectivity index (χ4n) is 2.57. The maximum Gasteiger partial charge on any atom is 0.121 e. The minimum atomic E-state index is 0.286. The third-order valence-corrected chi connectivity index (χ3v) is 3.67. The van der Waals surface area contributed by atoms with Crippen molar-refractivity contribution in [3.05, 3.63) is 29.3 Å². The molecule has 1 fully saturated rings. The zero-order valence-corrected chi connectivity index (χ0v) is 12.0. The van der Waals surface area contributed by atoms with Crippen LogP contribution in [-0.2, 0) is 4.74 Å². The minimum absolute atomic E-state index is 0.286. The van der Waals surface area contributed by atoms with Crippen LogP contribution in [-0.4, -0.2) is 40.0 Å². The first-order chi connectivity index (χ1) is 9.24. The largest absolute Gasteiger partial charge is 0.496 e. The van der Waals surface area contributed by atoms with Gasteiger partial charge in [0.25, 0.3) is 0 Å². The van der Waals surface area contributed by atoms with E-state index in [9.17, 15) is 0 Å². The second-order valence-electron chi connectivity index (χ2n) is 5.00. The van der Waals surface area contributed by atoms with Gasteiger partial charge in [0.1, 0.15) is 5.75 Å². The van der Waals surface area contributed by atoms with E-state index in [2.05, 4.69) is 29.7 Å². The quantitative estimate of drug-likeness (QED) is 0.848. The summed E-state index contributed by atoms with van der Waals surface area (Å²) < 4.78 is 11.1. The Morgan fingerprint density at radius 3 is 2.95 bits per heavy atom. The Bertz CT molecular complexity index is 403. The van der Waals surface area contributed by atoms with Gasteiger partial charge in [-0.05, 0) is 37.6 Å². The molecule has 106 valence electrons. The van der Waals surface area contributed by atoms with E-state index in [4.69, 9.17) is 9.47 Å². The van der Waals surface area contributed by atoms with Crippen LogP contribution in [0.3, 0.4) is 0 Å². The van der Waals surface area contributed by atoms with Crippen LogP contribution in [0.1, 0.15) is 23.6 Å². The molecule has 1 aromatic rings. The molecule has 0 saturated carbocycles. The van der Waals surface area contributed by atoms with Gasteiger partial charge in [0, 0.05) is 19.1 Å². The number of aryl methyl sites for hydroxylation is 1. The van der Waals surface area contributed by atoms with E-state index in [1.54, 1.807) is 7.11 Å². The lowest BCUT2D eigenvalue weighted by atomic mass is 9.98. The van der Waals surface area contributed by atoms with Gasteiger partial charge in [0.2, 0.25) is 0 Å². The van der Waals surface area contributed by atoms with Gasteiger partial charge in [-0.3, -0.25) is 0 Å². The van der Waals surface area contributed by atoms with E-state index >= 15 is 0 Å². The van der Waals surface area contributed by atoms with Gasteiger partial charge in [0.05, 0.1) is 19.8 Å². The van der Waals surface area contributed by atoms with E-state index in [-0.39, 0.29) is 6.10 Å². The first kappa shape index (κ1) is 14.3. The lowest BCUT2D eigenvalue weighted by Crippen LogP contribution is -2.40. The predicted octanol–water partition coefficient (Wildman–Crippen LogP) is 1.64. The Labute approximate surface area is 115 Å². The Kier molecular flexibility index (Phi) is 5.19. The third kappa shape index (κ3) is 3.69. The van der Waals surface area contributed by atoms with Crippen molar-refractivity contribution in [1.29, 1.82) is 0 Å². The van der Waals surface area contributed by atoms with E-state index in [1.165, 1.54) is 11.1 Å². The van der Waals surface area contributed by atoms with E-state index in [0.29, 0.717) is 6.04 Å². The van der Waals surface area contributed by atoms with Crippen molar-refractivity contribution >= 4 is 0 Å². The van der Waals surface area contributed by atoms with Crippen LogP contribution >= 0.6 is 0 Å². The highest BCUT2D eigenvalue weighted by Gasteiger charge is 2.20. The third-order valence-electron chi connectivity index (χ3n) is 3.67. The van der Waals surface area contributed by atoms with Gasteiger partial charge in [-0.1, -0.05) is 12.1 Å². The minimum Gasteiger partial charge on any atom is -0.496 e. The molecule has 0 radical (unpaired) electrons. The molecule has 1 saturated heterocycles. The monoisotopic (exact) mass is 264 g/mol. The molecule has 1 aliphatic heterocycles. The van der Waals surface area contributed by atoms with Gasteiger partial charge in [-0.2, -0.15) is 0 Å². The lowest BCUT2D eigenvalue weighted by Gasteiger charge is -2.28. The number of hydrogen-bond donors (Lipinski definition) is 2. The number of benzene rings is 1. The maximum atomic E-state index is 5.78. The molecule has 4 heteroatoms. The topological polar surface area (TPSA) is 42.5 Å². The molecule has 2 N–H and O–H groups in total. The number of rotatable bonds is 5. The average Bonchev–Trinajstić information content (AvgIpc) is 2.46. The molecule has 2 rings (SSSR count). The molecule has 0 spiro atoms.